The summed E-state index contributed by atoms with van der Waals surface area (Å²) in [6, 6.07) is 0. The molecule has 48 valence electrons. The molecule has 1 nitrogen and oxygen atoms in total. The third-order valence-electron chi connectivity index (χ3n) is 0.765. The summed E-state index contributed by atoms with van der Waals surface area (Å²) in [6.07, 6.45) is 8.07. The Morgan fingerprint density at radius 2 is 2.11 bits per heavy atom. The highest BCUT2D eigenvalue weighted by atomic mass is 16.1. The lowest BCUT2D eigenvalue weighted by Crippen LogP contribution is -1.80. The summed E-state index contributed by atoms with van der Waals surface area (Å²) in [6.45, 7) is 5.21. The molecule has 0 aliphatic rings. The van der Waals surface area contributed by atoms with Gasteiger partial charge in [0, 0.05) is 0 Å². The molecule has 9 heavy (non-hydrogen) atoms. The molecular weight excluding hydrogens is 112 g/mol. The molecule has 0 amide bonds. The zero-order valence-electron chi connectivity index (χ0n) is 5.50. The molecule has 0 rings (SSSR count). The molecule has 0 radical (unpaired) electrons. The first kappa shape index (κ1) is 7.89. The van der Waals surface area contributed by atoms with Crippen LogP contribution in [-0.2, 0) is 4.79 Å². The van der Waals surface area contributed by atoms with E-state index in [0.29, 0.717) is 0 Å². The maximum Gasteiger partial charge on any atom is 0.178 e. The fourth-order valence-corrected chi connectivity index (χ4v) is 0.330. The summed E-state index contributed by atoms with van der Waals surface area (Å²) in [4.78, 5) is 10.4. The molecule has 0 bridgehead atoms. The predicted octanol–water partition coefficient (Wildman–Crippen LogP) is 1.87. The van der Waals surface area contributed by atoms with E-state index in [4.69, 9.17) is 0 Å². The van der Waals surface area contributed by atoms with Crippen molar-refractivity contribution >= 4 is 5.78 Å². The van der Waals surface area contributed by atoms with E-state index in [2.05, 4.69) is 6.58 Å². The molecule has 0 N–H and O–H groups in total. The average Bonchev–Trinajstić information content (AvgIpc) is 1.89. The Morgan fingerprint density at radius 1 is 1.44 bits per heavy atom. The second kappa shape index (κ2) is 5.04. The molecule has 0 unspecified atom stereocenters. The van der Waals surface area contributed by atoms with Gasteiger partial charge in [0.25, 0.3) is 0 Å². The fraction of sp³-hybridized carbons (Fsp3) is 0.125. The van der Waals surface area contributed by atoms with Gasteiger partial charge in [0.2, 0.25) is 0 Å². The van der Waals surface area contributed by atoms with E-state index in [9.17, 15) is 4.79 Å². The van der Waals surface area contributed by atoms with Gasteiger partial charge in [0.05, 0.1) is 0 Å². The van der Waals surface area contributed by atoms with E-state index in [0.717, 1.165) is 0 Å². The predicted molar refractivity (Wildman–Crippen MR) is 39.2 cm³/mol. The van der Waals surface area contributed by atoms with E-state index in [1.54, 1.807) is 12.2 Å². The van der Waals surface area contributed by atoms with Gasteiger partial charge in [-0.3, -0.25) is 4.79 Å². The molecule has 0 aliphatic carbocycles. The average molecular weight is 122 g/mol. The van der Waals surface area contributed by atoms with Crippen molar-refractivity contribution in [3.8, 4) is 0 Å². The summed E-state index contributed by atoms with van der Waals surface area (Å²) >= 11 is 0. The molecule has 0 aromatic rings. The quantitative estimate of drug-likeness (QED) is 0.412. The van der Waals surface area contributed by atoms with Gasteiger partial charge in [0.1, 0.15) is 0 Å². The largest absolute Gasteiger partial charge is 0.290 e. The van der Waals surface area contributed by atoms with Crippen LogP contribution in [0, 0.1) is 0 Å². The Hall–Kier alpha value is -1.11. The van der Waals surface area contributed by atoms with Crippen LogP contribution in [0.2, 0.25) is 0 Å². The number of carbonyl (C=O) groups is 1. The van der Waals surface area contributed by atoms with Crippen LogP contribution in [0.15, 0.2) is 37.0 Å². The van der Waals surface area contributed by atoms with Gasteiger partial charge in [-0.05, 0) is 19.1 Å². The summed E-state index contributed by atoms with van der Waals surface area (Å²) in [5.74, 6) is -0.0619. The molecular formula is C8H10O. The number of hydrogen-bond donors (Lipinski definition) is 0. The van der Waals surface area contributed by atoms with Crippen molar-refractivity contribution in [1.82, 2.24) is 0 Å². The zero-order valence-corrected chi connectivity index (χ0v) is 5.50. The summed E-state index contributed by atoms with van der Waals surface area (Å²) in [7, 11) is 0. The van der Waals surface area contributed by atoms with E-state index in [1.807, 2.05) is 13.0 Å². The first-order valence-corrected chi connectivity index (χ1v) is 2.77. The van der Waals surface area contributed by atoms with Gasteiger partial charge in [0.15, 0.2) is 5.78 Å². The van der Waals surface area contributed by atoms with Crippen molar-refractivity contribution in [3.05, 3.63) is 37.0 Å². The minimum atomic E-state index is -0.0619. The van der Waals surface area contributed by atoms with Crippen molar-refractivity contribution in [2.45, 2.75) is 6.92 Å². The molecule has 0 spiro atoms. The van der Waals surface area contributed by atoms with E-state index >= 15 is 0 Å². The highest BCUT2D eigenvalue weighted by Crippen LogP contribution is 1.79. The summed E-state index contributed by atoms with van der Waals surface area (Å²) in [5.41, 5.74) is 0. The molecule has 0 heterocycles. The SMILES string of the molecule is C=CC(=O)/C=C/C=C/C. The summed E-state index contributed by atoms with van der Waals surface area (Å²) in [5, 5.41) is 0. The normalized spacial score (nSPS) is 10.8. The van der Waals surface area contributed by atoms with Crippen molar-refractivity contribution in [2.24, 2.45) is 0 Å². The highest BCUT2D eigenvalue weighted by molar-refractivity contribution is 5.98. The Balaban J connectivity index is 3.70. The Kier molecular flexibility index (Phi) is 4.41. The standard InChI is InChI=1S/C8H10O/c1-3-5-6-7-8(9)4-2/h3-7H,2H2,1H3/b5-3+,7-6+. The van der Waals surface area contributed by atoms with E-state index in [-0.39, 0.29) is 5.78 Å². The summed E-state index contributed by atoms with van der Waals surface area (Å²) < 4.78 is 0. The topological polar surface area (TPSA) is 17.1 Å². The van der Waals surface area contributed by atoms with Crippen molar-refractivity contribution in [1.29, 1.82) is 0 Å². The van der Waals surface area contributed by atoms with Gasteiger partial charge >= 0.3 is 0 Å². The minimum Gasteiger partial charge on any atom is -0.290 e. The van der Waals surface area contributed by atoms with Crippen LogP contribution in [0.25, 0.3) is 0 Å². The maximum atomic E-state index is 10.4. The molecule has 0 fully saturated rings. The second-order valence-corrected chi connectivity index (χ2v) is 1.49. The number of carbonyl (C=O) groups excluding carboxylic acids is 1. The molecule has 1 heteroatoms. The third-order valence-corrected chi connectivity index (χ3v) is 0.765. The lowest BCUT2D eigenvalue weighted by molar-refractivity contribution is -0.110. The van der Waals surface area contributed by atoms with Crippen molar-refractivity contribution in [2.75, 3.05) is 0 Å². The van der Waals surface area contributed by atoms with E-state index < -0.39 is 0 Å². The first-order chi connectivity index (χ1) is 4.31. The molecule has 0 aromatic heterocycles. The van der Waals surface area contributed by atoms with Crippen LogP contribution in [-0.4, -0.2) is 5.78 Å². The molecule has 0 aliphatic heterocycles. The van der Waals surface area contributed by atoms with Crippen LogP contribution in [0.1, 0.15) is 6.92 Å². The lowest BCUT2D eigenvalue weighted by Gasteiger charge is -1.74. The van der Waals surface area contributed by atoms with Crippen LogP contribution < -0.4 is 0 Å². The second-order valence-electron chi connectivity index (χ2n) is 1.49. The van der Waals surface area contributed by atoms with Gasteiger partial charge in [-0.1, -0.05) is 24.8 Å². The first-order valence-electron chi connectivity index (χ1n) is 2.77. The molecule has 0 saturated carbocycles. The molecule has 0 atom stereocenters. The number of hydrogen-bond acceptors (Lipinski definition) is 1. The Morgan fingerprint density at radius 3 is 2.56 bits per heavy atom. The van der Waals surface area contributed by atoms with Gasteiger partial charge in [-0.15, -0.1) is 0 Å². The van der Waals surface area contributed by atoms with Gasteiger partial charge < -0.3 is 0 Å². The van der Waals surface area contributed by atoms with Crippen LogP contribution in [0.5, 0.6) is 0 Å². The van der Waals surface area contributed by atoms with Gasteiger partial charge in [-0.2, -0.15) is 0 Å². The van der Waals surface area contributed by atoms with Crippen molar-refractivity contribution < 1.29 is 4.79 Å². The molecule has 0 saturated heterocycles. The highest BCUT2D eigenvalue weighted by Gasteiger charge is 1.79. The monoisotopic (exact) mass is 122 g/mol. The van der Waals surface area contributed by atoms with Crippen LogP contribution in [0.4, 0.5) is 0 Å². The minimum absolute atomic E-state index is 0.0619. The van der Waals surface area contributed by atoms with E-state index in [1.165, 1.54) is 12.2 Å². The zero-order chi connectivity index (χ0) is 7.11. The third kappa shape index (κ3) is 4.75. The van der Waals surface area contributed by atoms with Gasteiger partial charge in [-0.25, -0.2) is 0 Å². The van der Waals surface area contributed by atoms with Crippen molar-refractivity contribution in [3.63, 3.8) is 0 Å². The lowest BCUT2D eigenvalue weighted by atomic mass is 10.3. The Bertz CT molecular complexity index is 152. The van der Waals surface area contributed by atoms with Crippen LogP contribution in [0.3, 0.4) is 0 Å². The maximum absolute atomic E-state index is 10.4. The fourth-order valence-electron chi connectivity index (χ4n) is 0.330. The molecule has 0 aromatic carbocycles. The Labute approximate surface area is 55.4 Å². The number of ketones is 1. The number of allylic oxidation sites excluding steroid dienone is 5. The number of rotatable bonds is 3. The van der Waals surface area contributed by atoms with Crippen LogP contribution >= 0.6 is 0 Å². The smallest absolute Gasteiger partial charge is 0.178 e.